The van der Waals surface area contributed by atoms with Gasteiger partial charge in [0, 0.05) is 48.7 Å². The molecule has 5 saturated heterocycles. The molecular formula is C41H82N2O3. The van der Waals surface area contributed by atoms with Crippen LogP contribution in [0.1, 0.15) is 149 Å². The van der Waals surface area contributed by atoms with Gasteiger partial charge in [-0.25, -0.2) is 0 Å². The van der Waals surface area contributed by atoms with E-state index in [2.05, 4.69) is 114 Å². The van der Waals surface area contributed by atoms with E-state index in [4.69, 9.17) is 14.2 Å². The van der Waals surface area contributed by atoms with Crippen molar-refractivity contribution in [1.82, 2.24) is 9.80 Å². The number of rotatable bonds is 0. The average Bonchev–Trinajstić information content (AvgIpc) is 3.29. The largest absolute Gasteiger partial charge is 0.381 e. The Kier molecular flexibility index (Phi) is 15.6. The van der Waals surface area contributed by atoms with Gasteiger partial charge < -0.3 is 14.2 Å². The van der Waals surface area contributed by atoms with Gasteiger partial charge in [0.2, 0.25) is 0 Å². The highest BCUT2D eigenvalue weighted by Gasteiger charge is 2.51. The first-order chi connectivity index (χ1) is 20.9. The maximum Gasteiger partial charge on any atom is 0.0569 e. The number of nitrogens with zero attached hydrogens (tertiary/aromatic N) is 2. The SMILES string of the molecule is CC(C)(C)C1CCCC1.CC(C)(C)C1CCOCC1.CC(C)(C)C1COC1.CC(C)(C)N1CC2(COC2)C1.CC(C)(C)N1CCC1. The Balaban J connectivity index is 0.000000201. The van der Waals surface area contributed by atoms with Crippen LogP contribution >= 0.6 is 0 Å². The summed E-state index contributed by atoms with van der Waals surface area (Å²) in [6, 6.07) is 0. The molecule has 6 rings (SSSR count). The van der Waals surface area contributed by atoms with E-state index in [1.165, 1.54) is 71.1 Å². The van der Waals surface area contributed by atoms with Crippen molar-refractivity contribution < 1.29 is 14.2 Å². The van der Waals surface area contributed by atoms with Crippen molar-refractivity contribution in [3.05, 3.63) is 0 Å². The van der Waals surface area contributed by atoms with Crippen molar-refractivity contribution in [3.63, 3.8) is 0 Å². The maximum absolute atomic E-state index is 5.29. The summed E-state index contributed by atoms with van der Waals surface area (Å²) in [6.45, 7) is 45.5. The molecule has 1 spiro atoms. The number of hydrogen-bond acceptors (Lipinski definition) is 5. The fraction of sp³-hybridized carbons (Fsp3) is 1.00. The van der Waals surface area contributed by atoms with E-state index in [-0.39, 0.29) is 0 Å². The lowest BCUT2D eigenvalue weighted by Gasteiger charge is -2.59. The minimum atomic E-state index is 0.362. The highest BCUT2D eigenvalue weighted by atomic mass is 16.5. The third-order valence-corrected chi connectivity index (χ3v) is 11.5. The van der Waals surface area contributed by atoms with Crippen molar-refractivity contribution in [2.75, 3.05) is 65.8 Å². The summed E-state index contributed by atoms with van der Waals surface area (Å²) in [5.41, 5.74) is 2.91. The van der Waals surface area contributed by atoms with Crippen LogP contribution < -0.4 is 0 Å². The first-order valence-corrected chi connectivity index (χ1v) is 19.2. The zero-order chi connectivity index (χ0) is 35.0. The second-order valence-electron chi connectivity index (χ2n) is 20.7. The Morgan fingerprint density at radius 3 is 1.04 bits per heavy atom. The Morgan fingerprint density at radius 1 is 0.457 bits per heavy atom. The summed E-state index contributed by atoms with van der Waals surface area (Å²) < 4.78 is 15.6. The fourth-order valence-electron chi connectivity index (χ4n) is 6.89. The molecular weight excluding hydrogens is 568 g/mol. The lowest BCUT2D eigenvalue weighted by Crippen LogP contribution is -2.69. The predicted octanol–water partition coefficient (Wildman–Crippen LogP) is 9.97. The Bertz CT molecular complexity index is 795. The maximum atomic E-state index is 5.29. The zero-order valence-electron chi connectivity index (χ0n) is 33.9. The van der Waals surface area contributed by atoms with Gasteiger partial charge in [-0.1, -0.05) is 75.2 Å². The summed E-state index contributed by atoms with van der Waals surface area (Å²) in [5.74, 6) is 2.70. The predicted molar refractivity (Wildman–Crippen MR) is 199 cm³/mol. The first kappa shape index (κ1) is 42.0. The van der Waals surface area contributed by atoms with Crippen LogP contribution in [0.4, 0.5) is 0 Å². The van der Waals surface area contributed by atoms with E-state index >= 15 is 0 Å². The van der Waals surface area contributed by atoms with Crippen LogP contribution in [0.3, 0.4) is 0 Å². The average molecular weight is 651 g/mol. The lowest BCUT2D eigenvalue weighted by molar-refractivity contribution is -0.207. The van der Waals surface area contributed by atoms with E-state index in [1.807, 2.05) is 0 Å². The number of hydrogen-bond donors (Lipinski definition) is 0. The van der Waals surface area contributed by atoms with E-state index in [0.29, 0.717) is 32.7 Å². The van der Waals surface area contributed by atoms with Gasteiger partial charge in [-0.15, -0.1) is 0 Å². The molecule has 5 aliphatic heterocycles. The number of ether oxygens (including phenoxy) is 3. The van der Waals surface area contributed by atoms with Crippen LogP contribution in [0.2, 0.25) is 0 Å². The van der Waals surface area contributed by atoms with Crippen LogP contribution in [0.15, 0.2) is 0 Å². The minimum Gasteiger partial charge on any atom is -0.381 e. The molecule has 6 aliphatic rings. The summed E-state index contributed by atoms with van der Waals surface area (Å²) in [5, 5.41) is 0. The van der Waals surface area contributed by atoms with Gasteiger partial charge in [-0.3, -0.25) is 9.80 Å². The van der Waals surface area contributed by atoms with Crippen molar-refractivity contribution in [1.29, 1.82) is 0 Å². The third kappa shape index (κ3) is 14.3. The van der Waals surface area contributed by atoms with Crippen LogP contribution in [0.5, 0.6) is 0 Å². The molecule has 6 fully saturated rings. The van der Waals surface area contributed by atoms with Gasteiger partial charge in [0.15, 0.2) is 0 Å². The van der Waals surface area contributed by atoms with E-state index < -0.39 is 0 Å². The van der Waals surface area contributed by atoms with Gasteiger partial charge in [-0.2, -0.15) is 0 Å². The highest BCUT2D eigenvalue weighted by Crippen LogP contribution is 2.41. The lowest BCUT2D eigenvalue weighted by atomic mass is 9.75. The molecule has 0 radical (unpaired) electrons. The summed E-state index contributed by atoms with van der Waals surface area (Å²) in [7, 11) is 0. The monoisotopic (exact) mass is 651 g/mol. The molecule has 0 atom stereocenters. The first-order valence-electron chi connectivity index (χ1n) is 19.2. The molecule has 0 amide bonds. The molecule has 0 bridgehead atoms. The van der Waals surface area contributed by atoms with Crippen LogP contribution in [-0.2, 0) is 14.2 Å². The molecule has 0 aromatic heterocycles. The normalized spacial score (nSPS) is 24.6. The van der Waals surface area contributed by atoms with E-state index in [0.717, 1.165) is 57.4 Å². The highest BCUT2D eigenvalue weighted by molar-refractivity contribution is 5.03. The van der Waals surface area contributed by atoms with Gasteiger partial charge in [-0.05, 0) is 115 Å². The molecule has 0 unspecified atom stereocenters. The van der Waals surface area contributed by atoms with Crippen molar-refractivity contribution in [3.8, 4) is 0 Å². The van der Waals surface area contributed by atoms with Gasteiger partial charge in [0.1, 0.15) is 0 Å². The summed E-state index contributed by atoms with van der Waals surface area (Å²) >= 11 is 0. The second-order valence-corrected chi connectivity index (χ2v) is 20.7. The Morgan fingerprint density at radius 2 is 0.870 bits per heavy atom. The summed E-state index contributed by atoms with van der Waals surface area (Å²) in [4.78, 5) is 5.02. The van der Waals surface area contributed by atoms with Gasteiger partial charge in [0.05, 0.1) is 26.4 Å². The van der Waals surface area contributed by atoms with Gasteiger partial charge in [0.25, 0.3) is 0 Å². The Labute approximate surface area is 288 Å². The molecule has 1 aliphatic carbocycles. The van der Waals surface area contributed by atoms with Crippen LogP contribution in [0.25, 0.3) is 0 Å². The fourth-order valence-corrected chi connectivity index (χ4v) is 6.89. The van der Waals surface area contributed by atoms with Crippen molar-refractivity contribution >= 4 is 0 Å². The third-order valence-electron chi connectivity index (χ3n) is 11.5. The topological polar surface area (TPSA) is 34.2 Å². The van der Waals surface area contributed by atoms with Crippen LogP contribution in [0, 0.1) is 39.4 Å². The van der Waals surface area contributed by atoms with Crippen molar-refractivity contribution in [2.45, 2.75) is 160 Å². The molecule has 5 heteroatoms. The molecule has 5 nitrogen and oxygen atoms in total. The second kappa shape index (κ2) is 17.1. The summed E-state index contributed by atoms with van der Waals surface area (Å²) in [6.07, 6.45) is 9.81. The smallest absolute Gasteiger partial charge is 0.0569 e. The van der Waals surface area contributed by atoms with E-state index in [9.17, 15) is 0 Å². The number of likely N-dealkylation sites (tertiary alicyclic amines) is 2. The molecule has 5 heterocycles. The minimum absolute atomic E-state index is 0.362. The molecule has 0 aromatic rings. The molecule has 0 N–H and O–H groups in total. The molecule has 1 saturated carbocycles. The molecule has 0 aromatic carbocycles. The van der Waals surface area contributed by atoms with Crippen molar-refractivity contribution in [2.24, 2.45) is 39.4 Å². The Hall–Kier alpha value is -0.200. The van der Waals surface area contributed by atoms with Crippen LogP contribution in [-0.4, -0.2) is 86.7 Å². The zero-order valence-corrected chi connectivity index (χ0v) is 33.9. The van der Waals surface area contributed by atoms with Gasteiger partial charge >= 0.3 is 0 Å². The molecule has 46 heavy (non-hydrogen) atoms. The molecule has 274 valence electrons. The quantitative estimate of drug-likeness (QED) is 0.261. The standard InChI is InChI=1S/C9H17NO.C9H18O.C9H18.C7H15N.C7H14O/c1-8(2,3)10-4-9(5-10)6-11-7-9;1-9(2,3)8-4-6-10-7-5-8;1-9(2,3)8-6-4-5-7-8;1-7(2,3)8-5-4-6-8;1-7(2,3)6-4-8-5-6/h4-7H2,1-3H3;8H,4-7H2,1-3H3;8H,4-7H2,1-3H3;4-6H2,1-3H3;6H,4-5H2,1-3H3. The van der Waals surface area contributed by atoms with E-state index in [1.54, 1.807) is 0 Å².